The second-order valence-corrected chi connectivity index (χ2v) is 9.43. The Morgan fingerprint density at radius 1 is 0.889 bits per heavy atom. The van der Waals surface area contributed by atoms with Gasteiger partial charge in [0.2, 0.25) is 0 Å². The average molecular weight is 373 g/mol. The molecular weight excluding hydrogens is 338 g/mol. The molecule has 3 saturated carbocycles. The van der Waals surface area contributed by atoms with Gasteiger partial charge in [0.15, 0.2) is 11.6 Å². The summed E-state index contributed by atoms with van der Waals surface area (Å²) in [6.45, 7) is 2.12. The fourth-order valence-electron chi connectivity index (χ4n) is 6.72. The Morgan fingerprint density at radius 3 is 2.37 bits per heavy atom. The molecule has 148 valence electrons. The maximum Gasteiger partial charge on any atom is 0.159 e. The van der Waals surface area contributed by atoms with Crippen molar-refractivity contribution in [2.45, 2.75) is 77.0 Å². The van der Waals surface area contributed by atoms with E-state index in [1.807, 2.05) is 6.07 Å². The van der Waals surface area contributed by atoms with Crippen LogP contribution in [-0.4, -0.2) is 0 Å². The van der Waals surface area contributed by atoms with Gasteiger partial charge in [0.1, 0.15) is 0 Å². The third kappa shape index (κ3) is 4.15. The zero-order valence-corrected chi connectivity index (χ0v) is 16.7. The molecule has 1 aromatic rings. The number of hydrogen-bond donors (Lipinski definition) is 0. The molecule has 0 aliphatic heterocycles. The summed E-state index contributed by atoms with van der Waals surface area (Å²) in [5.74, 6) is 3.55. The lowest BCUT2D eigenvalue weighted by Crippen LogP contribution is -2.41. The second kappa shape index (κ2) is 8.45. The van der Waals surface area contributed by atoms with Crippen LogP contribution in [0.5, 0.6) is 0 Å². The normalized spacial score (nSPS) is 36.4. The number of fused-ring (bicyclic) bond motifs is 3. The number of allylic oxidation sites excluding steroid dienone is 2. The van der Waals surface area contributed by atoms with Crippen LogP contribution in [0.25, 0.3) is 0 Å². The SMILES string of the molecule is CC=CCCC1CCC2C(CCC3CC(c4ccc(F)c(F)c4)CCC32)C1. The number of benzene rings is 1. The van der Waals surface area contributed by atoms with Crippen LogP contribution >= 0.6 is 0 Å². The Hall–Kier alpha value is -1.18. The largest absolute Gasteiger partial charge is 0.204 e. The van der Waals surface area contributed by atoms with Crippen LogP contribution in [0.4, 0.5) is 8.78 Å². The molecule has 0 bridgehead atoms. The highest BCUT2D eigenvalue weighted by Gasteiger charge is 2.44. The number of hydrogen-bond acceptors (Lipinski definition) is 0. The standard InChI is InChI=1S/C25H34F2/c1-2-3-4-5-17-6-11-22-20(14-17)7-8-21-15-18(9-12-23(21)22)19-10-13-24(26)25(27)16-19/h2-3,10,13,16-18,20-23H,4-9,11-12,14-15H2,1H3. The van der Waals surface area contributed by atoms with Crippen molar-refractivity contribution in [1.29, 1.82) is 0 Å². The van der Waals surface area contributed by atoms with E-state index in [2.05, 4.69) is 19.1 Å². The van der Waals surface area contributed by atoms with E-state index in [1.165, 1.54) is 69.9 Å². The fraction of sp³-hybridized carbons (Fsp3) is 0.680. The topological polar surface area (TPSA) is 0 Å². The molecule has 4 rings (SSSR count). The molecule has 3 aliphatic carbocycles. The third-order valence-corrected chi connectivity index (χ3v) is 8.04. The first kappa shape index (κ1) is 19.2. The minimum absolute atomic E-state index is 0.426. The van der Waals surface area contributed by atoms with Crippen LogP contribution in [0.3, 0.4) is 0 Å². The molecule has 3 aliphatic rings. The Bertz CT molecular complexity index is 664. The highest BCUT2D eigenvalue weighted by molar-refractivity contribution is 5.22. The molecule has 0 radical (unpaired) electrons. The van der Waals surface area contributed by atoms with Gasteiger partial charge < -0.3 is 0 Å². The first-order valence-electron chi connectivity index (χ1n) is 11.2. The lowest BCUT2D eigenvalue weighted by atomic mass is 9.55. The van der Waals surface area contributed by atoms with Crippen LogP contribution in [0.2, 0.25) is 0 Å². The first-order chi connectivity index (χ1) is 13.2. The fourth-order valence-corrected chi connectivity index (χ4v) is 6.72. The summed E-state index contributed by atoms with van der Waals surface area (Å²) in [4.78, 5) is 0. The van der Waals surface area contributed by atoms with Gasteiger partial charge in [0.25, 0.3) is 0 Å². The van der Waals surface area contributed by atoms with E-state index in [1.54, 1.807) is 0 Å². The molecule has 27 heavy (non-hydrogen) atoms. The van der Waals surface area contributed by atoms with Gasteiger partial charge >= 0.3 is 0 Å². The van der Waals surface area contributed by atoms with E-state index >= 15 is 0 Å². The van der Waals surface area contributed by atoms with E-state index in [0.29, 0.717) is 5.92 Å². The monoisotopic (exact) mass is 372 g/mol. The summed E-state index contributed by atoms with van der Waals surface area (Å²) < 4.78 is 26.9. The van der Waals surface area contributed by atoms with Gasteiger partial charge in [-0.3, -0.25) is 0 Å². The molecule has 0 spiro atoms. The molecule has 6 unspecified atom stereocenters. The zero-order valence-electron chi connectivity index (χ0n) is 16.7. The lowest BCUT2D eigenvalue weighted by molar-refractivity contribution is 0.00563. The predicted octanol–water partition coefficient (Wildman–Crippen LogP) is 7.65. The van der Waals surface area contributed by atoms with Gasteiger partial charge in [-0.15, -0.1) is 0 Å². The molecular formula is C25H34F2. The predicted molar refractivity (Wildman–Crippen MR) is 108 cm³/mol. The molecule has 0 amide bonds. The minimum atomic E-state index is -0.723. The summed E-state index contributed by atoms with van der Waals surface area (Å²) in [5, 5.41) is 0. The summed E-state index contributed by atoms with van der Waals surface area (Å²) in [5.41, 5.74) is 1.02. The maximum atomic E-state index is 13.7. The van der Waals surface area contributed by atoms with Crippen molar-refractivity contribution >= 4 is 0 Å². The molecule has 0 nitrogen and oxygen atoms in total. The average Bonchev–Trinajstić information content (AvgIpc) is 2.69. The van der Waals surface area contributed by atoms with Crippen LogP contribution in [-0.2, 0) is 0 Å². The maximum absolute atomic E-state index is 13.7. The first-order valence-corrected chi connectivity index (χ1v) is 11.2. The highest BCUT2D eigenvalue weighted by Crippen LogP contribution is 2.55. The van der Waals surface area contributed by atoms with Crippen molar-refractivity contribution in [3.8, 4) is 0 Å². The van der Waals surface area contributed by atoms with Crippen molar-refractivity contribution in [3.05, 3.63) is 47.5 Å². The van der Waals surface area contributed by atoms with Crippen molar-refractivity contribution in [3.63, 3.8) is 0 Å². The van der Waals surface area contributed by atoms with Crippen LogP contribution in [0.15, 0.2) is 30.4 Å². The Labute approximate surface area is 163 Å². The summed E-state index contributed by atoms with van der Waals surface area (Å²) in [7, 11) is 0. The van der Waals surface area contributed by atoms with Gasteiger partial charge in [-0.25, -0.2) is 8.78 Å². The summed E-state index contributed by atoms with van der Waals surface area (Å²) in [6, 6.07) is 4.57. The zero-order chi connectivity index (χ0) is 18.8. The van der Waals surface area contributed by atoms with Crippen molar-refractivity contribution in [1.82, 2.24) is 0 Å². The molecule has 0 aromatic heterocycles. The van der Waals surface area contributed by atoms with E-state index in [9.17, 15) is 8.78 Å². The minimum Gasteiger partial charge on any atom is -0.204 e. The van der Waals surface area contributed by atoms with Gasteiger partial charge in [-0.1, -0.05) is 24.6 Å². The van der Waals surface area contributed by atoms with Crippen LogP contribution < -0.4 is 0 Å². The second-order valence-electron chi connectivity index (χ2n) is 9.43. The smallest absolute Gasteiger partial charge is 0.159 e. The van der Waals surface area contributed by atoms with Gasteiger partial charge in [0, 0.05) is 0 Å². The van der Waals surface area contributed by atoms with E-state index in [-0.39, 0.29) is 0 Å². The number of halogens is 2. The Morgan fingerprint density at radius 2 is 1.63 bits per heavy atom. The lowest BCUT2D eigenvalue weighted by Gasteiger charge is -2.51. The Balaban J connectivity index is 1.36. The van der Waals surface area contributed by atoms with Crippen LogP contribution in [0.1, 0.15) is 82.6 Å². The molecule has 6 atom stereocenters. The van der Waals surface area contributed by atoms with Gasteiger partial charge in [-0.05, 0) is 118 Å². The van der Waals surface area contributed by atoms with Crippen molar-refractivity contribution < 1.29 is 8.78 Å². The van der Waals surface area contributed by atoms with Gasteiger partial charge in [-0.2, -0.15) is 0 Å². The van der Waals surface area contributed by atoms with Crippen LogP contribution in [0, 0.1) is 41.2 Å². The molecule has 0 heterocycles. The quantitative estimate of drug-likeness (QED) is 0.476. The van der Waals surface area contributed by atoms with Gasteiger partial charge in [0.05, 0.1) is 0 Å². The van der Waals surface area contributed by atoms with Crippen molar-refractivity contribution in [2.75, 3.05) is 0 Å². The highest BCUT2D eigenvalue weighted by atomic mass is 19.2. The molecule has 0 saturated heterocycles. The molecule has 2 heteroatoms. The molecule has 3 fully saturated rings. The molecule has 1 aromatic carbocycles. The summed E-state index contributed by atoms with van der Waals surface area (Å²) >= 11 is 0. The molecule has 0 N–H and O–H groups in total. The van der Waals surface area contributed by atoms with Crippen molar-refractivity contribution in [2.24, 2.45) is 29.6 Å². The van der Waals surface area contributed by atoms with E-state index < -0.39 is 11.6 Å². The summed E-state index contributed by atoms with van der Waals surface area (Å²) in [6.07, 6.45) is 17.8. The van der Waals surface area contributed by atoms with E-state index in [4.69, 9.17) is 0 Å². The Kier molecular flexibility index (Phi) is 5.99. The number of rotatable bonds is 4. The van der Waals surface area contributed by atoms with E-state index in [0.717, 1.165) is 41.6 Å². The third-order valence-electron chi connectivity index (χ3n) is 8.04.